The highest BCUT2D eigenvalue weighted by Gasteiger charge is 2.42. The molecule has 0 radical (unpaired) electrons. The molecule has 0 aromatic carbocycles. The summed E-state index contributed by atoms with van der Waals surface area (Å²) in [6.07, 6.45) is -7.01. The van der Waals surface area contributed by atoms with E-state index < -0.39 is 31.5 Å². The lowest BCUT2D eigenvalue weighted by atomic mass is 10.1. The van der Waals surface area contributed by atoms with Gasteiger partial charge in [0.15, 0.2) is 0 Å². The first-order valence-corrected chi connectivity index (χ1v) is 2.85. The molecule has 0 saturated heterocycles. The summed E-state index contributed by atoms with van der Waals surface area (Å²) < 4.78 is 46.7. The van der Waals surface area contributed by atoms with Gasteiger partial charge in [-0.3, -0.25) is 0 Å². The standard InChI is InChI=1S/C5H8F4O2/c6-4(7)5(8,9)1-3(11)2-10/h3-4,10-11H,1-2H2. The third kappa shape index (κ3) is 3.52. The fourth-order valence-corrected chi connectivity index (χ4v) is 0.468. The number of alkyl halides is 4. The van der Waals surface area contributed by atoms with Gasteiger partial charge in [0, 0.05) is 6.42 Å². The summed E-state index contributed by atoms with van der Waals surface area (Å²) in [4.78, 5) is 0. The monoisotopic (exact) mass is 176 g/mol. The normalized spacial score (nSPS) is 15.5. The van der Waals surface area contributed by atoms with Gasteiger partial charge in [-0.25, -0.2) is 17.6 Å². The van der Waals surface area contributed by atoms with Crippen LogP contribution in [0.4, 0.5) is 17.6 Å². The molecular formula is C5H8F4O2. The number of aliphatic hydroxyl groups is 2. The molecule has 0 spiro atoms. The molecule has 68 valence electrons. The topological polar surface area (TPSA) is 40.5 Å². The average Bonchev–Trinajstić information content (AvgIpc) is 1.86. The van der Waals surface area contributed by atoms with E-state index in [0.717, 1.165) is 0 Å². The van der Waals surface area contributed by atoms with Crippen molar-refractivity contribution < 1.29 is 27.8 Å². The number of hydrogen-bond acceptors (Lipinski definition) is 2. The molecule has 0 aromatic heterocycles. The van der Waals surface area contributed by atoms with E-state index in [1.807, 2.05) is 0 Å². The molecule has 0 aliphatic heterocycles. The smallest absolute Gasteiger partial charge is 0.310 e. The lowest BCUT2D eigenvalue weighted by Gasteiger charge is -2.17. The van der Waals surface area contributed by atoms with Crippen molar-refractivity contribution in [3.8, 4) is 0 Å². The van der Waals surface area contributed by atoms with Crippen molar-refractivity contribution in [3.05, 3.63) is 0 Å². The molecule has 1 atom stereocenters. The molecule has 0 aliphatic rings. The molecule has 2 N–H and O–H groups in total. The number of rotatable bonds is 4. The SMILES string of the molecule is OCC(O)CC(F)(F)C(F)F. The Kier molecular flexibility index (Phi) is 3.74. The van der Waals surface area contributed by atoms with Crippen molar-refractivity contribution in [2.24, 2.45) is 0 Å². The van der Waals surface area contributed by atoms with Gasteiger partial charge in [0.2, 0.25) is 0 Å². The molecule has 11 heavy (non-hydrogen) atoms. The summed E-state index contributed by atoms with van der Waals surface area (Å²) in [5, 5.41) is 16.4. The molecule has 2 nitrogen and oxygen atoms in total. The van der Waals surface area contributed by atoms with Gasteiger partial charge in [0.05, 0.1) is 12.7 Å². The van der Waals surface area contributed by atoms with Gasteiger partial charge >= 0.3 is 12.3 Å². The Balaban J connectivity index is 3.90. The Morgan fingerprint density at radius 3 is 2.00 bits per heavy atom. The first kappa shape index (κ1) is 10.6. The second kappa shape index (κ2) is 3.87. The summed E-state index contributed by atoms with van der Waals surface area (Å²) >= 11 is 0. The largest absolute Gasteiger partial charge is 0.394 e. The second-order valence-corrected chi connectivity index (χ2v) is 2.10. The van der Waals surface area contributed by atoms with Crippen molar-refractivity contribution in [2.45, 2.75) is 24.9 Å². The van der Waals surface area contributed by atoms with E-state index in [2.05, 4.69) is 0 Å². The highest BCUT2D eigenvalue weighted by Crippen LogP contribution is 2.27. The fraction of sp³-hybridized carbons (Fsp3) is 1.00. The lowest BCUT2D eigenvalue weighted by Crippen LogP contribution is -2.32. The van der Waals surface area contributed by atoms with Crippen molar-refractivity contribution >= 4 is 0 Å². The molecule has 0 amide bonds. The molecule has 0 rings (SSSR count). The van der Waals surface area contributed by atoms with E-state index >= 15 is 0 Å². The minimum Gasteiger partial charge on any atom is -0.394 e. The number of aliphatic hydroxyl groups excluding tert-OH is 2. The quantitative estimate of drug-likeness (QED) is 0.617. The lowest BCUT2D eigenvalue weighted by molar-refractivity contribution is -0.151. The van der Waals surface area contributed by atoms with Crippen LogP contribution in [0.25, 0.3) is 0 Å². The van der Waals surface area contributed by atoms with Crippen LogP contribution in [0.5, 0.6) is 0 Å². The van der Waals surface area contributed by atoms with Gasteiger partial charge in [-0.2, -0.15) is 0 Å². The molecule has 0 bridgehead atoms. The van der Waals surface area contributed by atoms with Crippen molar-refractivity contribution in [1.29, 1.82) is 0 Å². The summed E-state index contributed by atoms with van der Waals surface area (Å²) in [5.41, 5.74) is 0. The van der Waals surface area contributed by atoms with Gasteiger partial charge in [0.1, 0.15) is 0 Å². The molecule has 6 heteroatoms. The minimum absolute atomic E-state index is 0.942. The van der Waals surface area contributed by atoms with Crippen LogP contribution < -0.4 is 0 Å². The summed E-state index contributed by atoms with van der Waals surface area (Å²) in [7, 11) is 0. The van der Waals surface area contributed by atoms with Crippen LogP contribution in [0.1, 0.15) is 6.42 Å². The van der Waals surface area contributed by atoms with Gasteiger partial charge in [-0.15, -0.1) is 0 Å². The van der Waals surface area contributed by atoms with Gasteiger partial charge in [-0.1, -0.05) is 0 Å². The molecule has 0 fully saturated rings. The van der Waals surface area contributed by atoms with Crippen molar-refractivity contribution in [2.75, 3.05) is 6.61 Å². The van der Waals surface area contributed by atoms with Crippen molar-refractivity contribution in [3.63, 3.8) is 0 Å². The Labute approximate surface area is 60.4 Å². The van der Waals surface area contributed by atoms with E-state index in [4.69, 9.17) is 10.2 Å². The Hall–Kier alpha value is -0.360. The summed E-state index contributed by atoms with van der Waals surface area (Å²) in [6.45, 7) is -0.942. The van der Waals surface area contributed by atoms with Crippen LogP contribution in [0.3, 0.4) is 0 Å². The Morgan fingerprint density at radius 2 is 1.73 bits per heavy atom. The van der Waals surface area contributed by atoms with E-state index in [1.165, 1.54) is 0 Å². The first-order valence-electron chi connectivity index (χ1n) is 2.85. The summed E-state index contributed by atoms with van der Waals surface area (Å²) in [5.74, 6) is -4.22. The van der Waals surface area contributed by atoms with Gasteiger partial charge < -0.3 is 10.2 Å². The van der Waals surface area contributed by atoms with E-state index in [0.29, 0.717) is 0 Å². The molecule has 0 aliphatic carbocycles. The minimum atomic E-state index is -4.22. The maximum absolute atomic E-state index is 12.0. The molecule has 1 unspecified atom stereocenters. The van der Waals surface area contributed by atoms with E-state index in [-0.39, 0.29) is 0 Å². The second-order valence-electron chi connectivity index (χ2n) is 2.10. The highest BCUT2D eigenvalue weighted by atomic mass is 19.3. The number of hydrogen-bond donors (Lipinski definition) is 2. The van der Waals surface area contributed by atoms with Crippen LogP contribution in [0, 0.1) is 0 Å². The van der Waals surface area contributed by atoms with Crippen LogP contribution in [0.15, 0.2) is 0 Å². The maximum Gasteiger partial charge on any atom is 0.310 e. The number of halogens is 4. The Morgan fingerprint density at radius 1 is 1.27 bits per heavy atom. The predicted molar refractivity (Wildman–Crippen MR) is 28.7 cm³/mol. The van der Waals surface area contributed by atoms with E-state index in [1.54, 1.807) is 0 Å². The molecule has 0 saturated carbocycles. The fourth-order valence-electron chi connectivity index (χ4n) is 0.468. The highest BCUT2D eigenvalue weighted by molar-refractivity contribution is 4.73. The van der Waals surface area contributed by atoms with Crippen LogP contribution >= 0.6 is 0 Å². The average molecular weight is 176 g/mol. The van der Waals surface area contributed by atoms with Crippen molar-refractivity contribution in [1.82, 2.24) is 0 Å². The van der Waals surface area contributed by atoms with Crippen LogP contribution in [-0.2, 0) is 0 Å². The van der Waals surface area contributed by atoms with Gasteiger partial charge in [-0.05, 0) is 0 Å². The first-order chi connectivity index (χ1) is 4.90. The zero-order chi connectivity index (χ0) is 9.07. The predicted octanol–water partition coefficient (Wildman–Crippen LogP) is 0.630. The third-order valence-electron chi connectivity index (χ3n) is 1.04. The van der Waals surface area contributed by atoms with Crippen LogP contribution in [0.2, 0.25) is 0 Å². The Bertz CT molecular complexity index is 117. The van der Waals surface area contributed by atoms with E-state index in [9.17, 15) is 17.6 Å². The molecule has 0 aromatic rings. The zero-order valence-electron chi connectivity index (χ0n) is 5.48. The maximum atomic E-state index is 12.0. The molecular weight excluding hydrogens is 168 g/mol. The zero-order valence-corrected chi connectivity index (χ0v) is 5.48. The van der Waals surface area contributed by atoms with Gasteiger partial charge in [0.25, 0.3) is 0 Å². The third-order valence-corrected chi connectivity index (χ3v) is 1.04. The van der Waals surface area contributed by atoms with Crippen LogP contribution in [-0.4, -0.2) is 35.3 Å². The summed E-state index contributed by atoms with van der Waals surface area (Å²) in [6, 6.07) is 0. The molecule has 0 heterocycles.